The first kappa shape index (κ1) is 16.9. The zero-order valence-corrected chi connectivity index (χ0v) is 16.2. The minimum absolute atomic E-state index is 0.154. The summed E-state index contributed by atoms with van der Waals surface area (Å²) in [5, 5.41) is 2.32. The van der Waals surface area contributed by atoms with Gasteiger partial charge in [-0.25, -0.2) is 0 Å². The first-order valence-electron chi connectivity index (χ1n) is 9.92. The second kappa shape index (κ2) is 6.14. The standard InChI is InChI=1S/C22H27N3O2/c1-15(2)24-12-10-22(11-13-24)25-19(17-6-4-5-7-20(17)27-22)14-18(23-25)21-9-8-16(3)26-21/h4-9,14-15,19,23H,10-13H2,1-3H3/t19-/m0/s1. The summed E-state index contributed by atoms with van der Waals surface area (Å²) >= 11 is 0. The minimum atomic E-state index is -0.329. The maximum Gasteiger partial charge on any atom is 0.182 e. The normalized spacial score (nSPS) is 24.3. The van der Waals surface area contributed by atoms with Crippen molar-refractivity contribution in [2.45, 2.75) is 51.4 Å². The average molecular weight is 365 g/mol. The van der Waals surface area contributed by atoms with Gasteiger partial charge < -0.3 is 19.5 Å². The molecule has 5 nitrogen and oxygen atoms in total. The van der Waals surface area contributed by atoms with E-state index in [9.17, 15) is 0 Å². The summed E-state index contributed by atoms with van der Waals surface area (Å²) in [6, 6.07) is 13.2. The van der Waals surface area contributed by atoms with E-state index < -0.39 is 0 Å². The molecule has 2 aromatic rings. The van der Waals surface area contributed by atoms with Crippen molar-refractivity contribution in [3.05, 3.63) is 59.6 Å². The lowest BCUT2D eigenvalue weighted by Crippen LogP contribution is -2.64. The summed E-state index contributed by atoms with van der Waals surface area (Å²) in [5.74, 6) is 2.81. The third-order valence-corrected chi connectivity index (χ3v) is 6.14. The summed E-state index contributed by atoms with van der Waals surface area (Å²) < 4.78 is 12.5. The van der Waals surface area contributed by atoms with E-state index in [-0.39, 0.29) is 11.8 Å². The molecule has 0 aliphatic carbocycles. The number of hydrazine groups is 1. The van der Waals surface area contributed by atoms with Crippen molar-refractivity contribution in [3.8, 4) is 5.75 Å². The molecule has 0 amide bonds. The molecule has 142 valence electrons. The molecule has 0 unspecified atom stereocenters. The Bertz CT molecular complexity index is 877. The second-order valence-electron chi connectivity index (χ2n) is 8.13. The summed E-state index contributed by atoms with van der Waals surface area (Å²) in [5.41, 5.74) is 5.53. The van der Waals surface area contributed by atoms with Crippen LogP contribution in [-0.2, 0) is 0 Å². The van der Waals surface area contributed by atoms with E-state index in [0.29, 0.717) is 6.04 Å². The van der Waals surface area contributed by atoms with Crippen molar-refractivity contribution in [3.63, 3.8) is 0 Å². The van der Waals surface area contributed by atoms with E-state index in [1.54, 1.807) is 0 Å². The number of ether oxygens (including phenoxy) is 1. The molecule has 0 bridgehead atoms. The Labute approximate surface area is 160 Å². The molecule has 1 aromatic carbocycles. The average Bonchev–Trinajstić information content (AvgIpc) is 3.29. The second-order valence-corrected chi connectivity index (χ2v) is 8.13. The molecule has 5 rings (SSSR count). The summed E-state index contributed by atoms with van der Waals surface area (Å²) in [4.78, 5) is 2.53. The number of piperidine rings is 1. The fourth-order valence-electron chi connectivity index (χ4n) is 4.57. The maximum absolute atomic E-state index is 6.66. The Morgan fingerprint density at radius 2 is 1.89 bits per heavy atom. The number of furan rings is 1. The van der Waals surface area contributed by atoms with Gasteiger partial charge in [0, 0.05) is 37.5 Å². The van der Waals surface area contributed by atoms with Gasteiger partial charge in [0.15, 0.2) is 11.5 Å². The molecule has 3 aliphatic rings. The van der Waals surface area contributed by atoms with Crippen LogP contribution in [0.15, 0.2) is 46.9 Å². The number of rotatable bonds is 2. The van der Waals surface area contributed by atoms with Crippen LogP contribution in [0.25, 0.3) is 5.70 Å². The topological polar surface area (TPSA) is 40.9 Å². The molecule has 1 fully saturated rings. The lowest BCUT2D eigenvalue weighted by molar-refractivity contribution is -0.161. The maximum atomic E-state index is 6.66. The van der Waals surface area contributed by atoms with E-state index in [2.05, 4.69) is 59.5 Å². The van der Waals surface area contributed by atoms with Crippen LogP contribution in [0.3, 0.4) is 0 Å². The number of fused-ring (bicyclic) bond motifs is 4. The smallest absolute Gasteiger partial charge is 0.182 e. The molecular formula is C22H27N3O2. The Hall–Kier alpha value is -2.24. The summed E-state index contributed by atoms with van der Waals surface area (Å²) in [7, 11) is 0. The molecule has 0 saturated carbocycles. The number of benzene rings is 1. The van der Waals surface area contributed by atoms with Crippen LogP contribution in [0.4, 0.5) is 0 Å². The Kier molecular flexibility index (Phi) is 3.85. The number of likely N-dealkylation sites (tertiary alicyclic amines) is 1. The van der Waals surface area contributed by atoms with Crippen molar-refractivity contribution in [1.29, 1.82) is 0 Å². The molecule has 1 aromatic heterocycles. The van der Waals surface area contributed by atoms with Gasteiger partial charge in [0.1, 0.15) is 11.5 Å². The largest absolute Gasteiger partial charge is 0.470 e. The number of para-hydroxylation sites is 1. The fraction of sp³-hybridized carbons (Fsp3) is 0.455. The van der Waals surface area contributed by atoms with Crippen LogP contribution in [0.5, 0.6) is 5.75 Å². The quantitative estimate of drug-likeness (QED) is 0.868. The van der Waals surface area contributed by atoms with E-state index in [0.717, 1.165) is 48.9 Å². The van der Waals surface area contributed by atoms with Crippen molar-refractivity contribution >= 4 is 5.70 Å². The van der Waals surface area contributed by atoms with Crippen LogP contribution >= 0.6 is 0 Å². The Morgan fingerprint density at radius 3 is 2.59 bits per heavy atom. The summed E-state index contributed by atoms with van der Waals surface area (Å²) in [6.07, 6.45) is 4.22. The molecule has 1 spiro atoms. The predicted molar refractivity (Wildman–Crippen MR) is 105 cm³/mol. The fourth-order valence-corrected chi connectivity index (χ4v) is 4.57. The number of hydrogen-bond acceptors (Lipinski definition) is 5. The van der Waals surface area contributed by atoms with Crippen LogP contribution in [-0.4, -0.2) is 34.8 Å². The van der Waals surface area contributed by atoms with Crippen LogP contribution in [0.1, 0.15) is 49.8 Å². The van der Waals surface area contributed by atoms with Crippen LogP contribution in [0.2, 0.25) is 0 Å². The molecule has 1 atom stereocenters. The van der Waals surface area contributed by atoms with E-state index in [1.807, 2.05) is 19.1 Å². The van der Waals surface area contributed by atoms with Gasteiger partial charge in [0.05, 0.1) is 11.7 Å². The zero-order valence-electron chi connectivity index (χ0n) is 16.2. The lowest BCUT2D eigenvalue weighted by atomic mass is 9.92. The number of nitrogens with zero attached hydrogens (tertiary/aromatic N) is 2. The van der Waals surface area contributed by atoms with Crippen LogP contribution < -0.4 is 10.2 Å². The first-order valence-corrected chi connectivity index (χ1v) is 9.92. The number of aryl methyl sites for hydroxylation is 1. The molecule has 4 heterocycles. The summed E-state index contributed by atoms with van der Waals surface area (Å²) in [6.45, 7) is 8.60. The van der Waals surface area contributed by atoms with Gasteiger partial charge in [-0.1, -0.05) is 18.2 Å². The van der Waals surface area contributed by atoms with Gasteiger partial charge in [0.2, 0.25) is 0 Å². The molecule has 1 saturated heterocycles. The highest BCUT2D eigenvalue weighted by atomic mass is 16.5. The third-order valence-electron chi connectivity index (χ3n) is 6.14. The van der Waals surface area contributed by atoms with Gasteiger partial charge in [-0.3, -0.25) is 0 Å². The van der Waals surface area contributed by atoms with Gasteiger partial charge in [-0.15, -0.1) is 0 Å². The van der Waals surface area contributed by atoms with Crippen molar-refractivity contribution < 1.29 is 9.15 Å². The van der Waals surface area contributed by atoms with E-state index >= 15 is 0 Å². The van der Waals surface area contributed by atoms with Gasteiger partial charge >= 0.3 is 0 Å². The monoisotopic (exact) mass is 365 g/mol. The number of hydrogen-bond donors (Lipinski definition) is 1. The molecule has 3 aliphatic heterocycles. The molecule has 1 N–H and O–H groups in total. The van der Waals surface area contributed by atoms with Crippen molar-refractivity contribution in [2.24, 2.45) is 0 Å². The third kappa shape index (κ3) is 2.68. The highest BCUT2D eigenvalue weighted by molar-refractivity contribution is 5.64. The highest BCUT2D eigenvalue weighted by Gasteiger charge is 2.51. The first-order chi connectivity index (χ1) is 13.1. The zero-order chi connectivity index (χ0) is 18.6. The SMILES string of the molecule is Cc1ccc(C2=C[C@H]3c4ccccc4OC4(CCN(C(C)C)CC4)N3N2)o1. The molecular weight excluding hydrogens is 338 g/mol. The van der Waals surface area contributed by atoms with Crippen molar-refractivity contribution in [1.82, 2.24) is 15.3 Å². The van der Waals surface area contributed by atoms with Crippen LogP contribution in [0, 0.1) is 6.92 Å². The molecule has 27 heavy (non-hydrogen) atoms. The minimum Gasteiger partial charge on any atom is -0.470 e. The van der Waals surface area contributed by atoms with E-state index in [1.165, 1.54) is 5.56 Å². The van der Waals surface area contributed by atoms with Gasteiger partial charge in [-0.05, 0) is 45.0 Å². The van der Waals surface area contributed by atoms with E-state index in [4.69, 9.17) is 9.15 Å². The molecule has 0 radical (unpaired) electrons. The number of nitrogens with one attached hydrogen (secondary N) is 1. The Morgan fingerprint density at radius 1 is 1.11 bits per heavy atom. The molecule has 5 heteroatoms. The van der Waals surface area contributed by atoms with Gasteiger partial charge in [-0.2, -0.15) is 5.01 Å². The highest BCUT2D eigenvalue weighted by Crippen LogP contribution is 2.48. The van der Waals surface area contributed by atoms with Crippen molar-refractivity contribution in [2.75, 3.05) is 13.1 Å². The van der Waals surface area contributed by atoms with Gasteiger partial charge in [0.25, 0.3) is 0 Å². The predicted octanol–water partition coefficient (Wildman–Crippen LogP) is 4.08. The lowest BCUT2D eigenvalue weighted by Gasteiger charge is -2.52. The Balaban J connectivity index is 1.52.